The minimum atomic E-state index is -0.903. The van der Waals surface area contributed by atoms with Gasteiger partial charge in [-0.2, -0.15) is 0 Å². The minimum Gasteiger partial charge on any atom is -0.461 e. The van der Waals surface area contributed by atoms with Crippen molar-refractivity contribution >= 4 is 39.0 Å². The number of aromatic nitrogens is 1. The number of Topliss-reactive ketones (excluding diaryl/α,β-unsaturated/α-hetero) is 1. The lowest BCUT2D eigenvalue weighted by Crippen LogP contribution is -2.11. The highest BCUT2D eigenvalue weighted by Crippen LogP contribution is 2.24. The van der Waals surface area contributed by atoms with E-state index >= 15 is 0 Å². The Morgan fingerprint density at radius 2 is 2.16 bits per heavy atom. The third-order valence-corrected chi connectivity index (χ3v) is 3.97. The first-order valence-electron chi connectivity index (χ1n) is 5.68. The van der Waals surface area contributed by atoms with Gasteiger partial charge in [0.25, 0.3) is 0 Å². The van der Waals surface area contributed by atoms with E-state index in [1.54, 1.807) is 13.2 Å². The Labute approximate surface area is 118 Å². The number of ether oxygens (including phenoxy) is 1. The summed E-state index contributed by atoms with van der Waals surface area (Å²) in [6.45, 7) is 3.76. The quantitative estimate of drug-likeness (QED) is 0.604. The van der Waals surface area contributed by atoms with Crippen LogP contribution in [-0.4, -0.2) is 46.1 Å². The number of esters is 1. The van der Waals surface area contributed by atoms with E-state index in [4.69, 9.17) is 4.74 Å². The molecule has 0 radical (unpaired) electrons. The van der Waals surface area contributed by atoms with Crippen molar-refractivity contribution in [2.75, 3.05) is 30.5 Å². The number of anilines is 1. The molecule has 1 heterocycles. The highest BCUT2D eigenvalue weighted by atomic mass is 32.2. The fourth-order valence-corrected chi connectivity index (χ4v) is 2.54. The van der Waals surface area contributed by atoms with Crippen LogP contribution in [0.5, 0.6) is 0 Å². The second-order valence-corrected chi connectivity index (χ2v) is 6.23. The van der Waals surface area contributed by atoms with Crippen LogP contribution < -0.4 is 5.32 Å². The van der Waals surface area contributed by atoms with Crippen molar-refractivity contribution in [1.29, 1.82) is 0 Å². The van der Waals surface area contributed by atoms with Crippen LogP contribution in [0.15, 0.2) is 0 Å². The van der Waals surface area contributed by atoms with Gasteiger partial charge >= 0.3 is 5.97 Å². The van der Waals surface area contributed by atoms with Crippen molar-refractivity contribution < 1.29 is 18.5 Å². The number of ketones is 1. The second kappa shape index (κ2) is 7.34. The average molecular weight is 304 g/mol. The SMILES string of the molecule is CCOC(=O)c1nc(NCCS(C)=O)sc1C(C)=O. The van der Waals surface area contributed by atoms with Gasteiger partial charge in [0.2, 0.25) is 0 Å². The molecule has 0 aromatic carbocycles. The van der Waals surface area contributed by atoms with E-state index in [9.17, 15) is 13.8 Å². The van der Waals surface area contributed by atoms with Gasteiger partial charge in [-0.05, 0) is 6.92 Å². The number of rotatable bonds is 7. The highest BCUT2D eigenvalue weighted by Gasteiger charge is 2.22. The van der Waals surface area contributed by atoms with E-state index in [1.807, 2.05) is 0 Å². The van der Waals surface area contributed by atoms with Crippen molar-refractivity contribution in [3.63, 3.8) is 0 Å². The van der Waals surface area contributed by atoms with E-state index in [2.05, 4.69) is 10.3 Å². The molecule has 0 saturated carbocycles. The summed E-state index contributed by atoms with van der Waals surface area (Å²) in [6, 6.07) is 0. The molecule has 0 bridgehead atoms. The zero-order valence-electron chi connectivity index (χ0n) is 11.0. The standard InChI is InChI=1S/C11H16N2O4S2/c1-4-17-10(15)8-9(7(2)14)18-11(13-8)12-5-6-19(3)16/h4-6H2,1-3H3,(H,12,13). The van der Waals surface area contributed by atoms with Crippen LogP contribution in [0, 0.1) is 0 Å². The summed E-state index contributed by atoms with van der Waals surface area (Å²) in [5.41, 5.74) is 0.0412. The molecule has 1 aromatic heterocycles. The van der Waals surface area contributed by atoms with Crippen molar-refractivity contribution in [3.8, 4) is 0 Å². The van der Waals surface area contributed by atoms with Crippen LogP contribution in [-0.2, 0) is 15.5 Å². The van der Waals surface area contributed by atoms with Gasteiger partial charge in [-0.25, -0.2) is 9.78 Å². The molecule has 1 N–H and O–H groups in total. The molecule has 106 valence electrons. The molecule has 8 heteroatoms. The lowest BCUT2D eigenvalue weighted by atomic mass is 10.3. The van der Waals surface area contributed by atoms with Gasteiger partial charge < -0.3 is 10.1 Å². The zero-order valence-corrected chi connectivity index (χ0v) is 12.7. The maximum absolute atomic E-state index is 11.7. The fraction of sp³-hybridized carbons (Fsp3) is 0.545. The number of hydrogen-bond acceptors (Lipinski definition) is 7. The van der Waals surface area contributed by atoms with Gasteiger partial charge in [0, 0.05) is 36.3 Å². The molecule has 0 spiro atoms. The molecular formula is C11H16N2O4S2. The van der Waals surface area contributed by atoms with E-state index in [0.717, 1.165) is 11.3 Å². The lowest BCUT2D eigenvalue weighted by molar-refractivity contribution is 0.0517. The van der Waals surface area contributed by atoms with E-state index < -0.39 is 16.8 Å². The topological polar surface area (TPSA) is 85.4 Å². The molecule has 6 nitrogen and oxygen atoms in total. The predicted octanol–water partition coefficient (Wildman–Crippen LogP) is 1.31. The molecule has 0 aliphatic heterocycles. The first-order chi connectivity index (χ1) is 8.95. The van der Waals surface area contributed by atoms with E-state index in [0.29, 0.717) is 17.4 Å². The molecule has 0 fully saturated rings. The molecular weight excluding hydrogens is 288 g/mol. The monoisotopic (exact) mass is 304 g/mol. The molecule has 19 heavy (non-hydrogen) atoms. The lowest BCUT2D eigenvalue weighted by Gasteiger charge is -1.99. The number of carbonyl (C=O) groups excluding carboxylic acids is 2. The number of carbonyl (C=O) groups is 2. The number of hydrogen-bond donors (Lipinski definition) is 1. The van der Waals surface area contributed by atoms with Gasteiger partial charge in [-0.1, -0.05) is 11.3 Å². The van der Waals surface area contributed by atoms with Gasteiger partial charge in [0.15, 0.2) is 16.6 Å². The summed E-state index contributed by atoms with van der Waals surface area (Å²) in [4.78, 5) is 27.5. The van der Waals surface area contributed by atoms with Gasteiger partial charge in [0.1, 0.15) is 4.88 Å². The van der Waals surface area contributed by atoms with Crippen molar-refractivity contribution in [1.82, 2.24) is 4.98 Å². The zero-order chi connectivity index (χ0) is 14.4. The van der Waals surface area contributed by atoms with Crippen LogP contribution in [0.1, 0.15) is 34.0 Å². The summed E-state index contributed by atoms with van der Waals surface area (Å²) in [5, 5.41) is 3.40. The van der Waals surface area contributed by atoms with Gasteiger partial charge in [-0.15, -0.1) is 0 Å². The van der Waals surface area contributed by atoms with Crippen LogP contribution in [0.2, 0.25) is 0 Å². The molecule has 0 amide bonds. The Hall–Kier alpha value is -1.28. The Bertz CT molecular complexity index is 499. The summed E-state index contributed by atoms with van der Waals surface area (Å²) >= 11 is 1.10. The maximum atomic E-state index is 11.7. The third-order valence-electron chi connectivity index (χ3n) is 2.08. The van der Waals surface area contributed by atoms with Crippen LogP contribution in [0.4, 0.5) is 5.13 Å². The largest absolute Gasteiger partial charge is 0.461 e. The van der Waals surface area contributed by atoms with E-state index in [-0.39, 0.29) is 23.0 Å². The Balaban J connectivity index is 2.85. The molecule has 0 aliphatic rings. The summed E-state index contributed by atoms with van der Waals surface area (Å²) in [7, 11) is -0.903. The molecule has 1 atom stereocenters. The fourth-order valence-electron chi connectivity index (χ4n) is 1.27. The molecule has 1 rings (SSSR count). The van der Waals surface area contributed by atoms with Crippen molar-refractivity contribution in [2.24, 2.45) is 0 Å². The van der Waals surface area contributed by atoms with Crippen molar-refractivity contribution in [2.45, 2.75) is 13.8 Å². The van der Waals surface area contributed by atoms with Crippen LogP contribution in [0.25, 0.3) is 0 Å². The van der Waals surface area contributed by atoms with Crippen LogP contribution >= 0.6 is 11.3 Å². The Morgan fingerprint density at radius 1 is 1.47 bits per heavy atom. The first kappa shape index (κ1) is 15.8. The third kappa shape index (κ3) is 4.71. The molecule has 1 unspecified atom stereocenters. The number of nitrogens with one attached hydrogen (secondary N) is 1. The molecule has 1 aromatic rings. The Morgan fingerprint density at radius 3 is 2.68 bits per heavy atom. The summed E-state index contributed by atoms with van der Waals surface area (Å²) in [5.74, 6) is -0.354. The second-order valence-electron chi connectivity index (χ2n) is 3.68. The first-order valence-corrected chi connectivity index (χ1v) is 8.22. The van der Waals surface area contributed by atoms with Crippen molar-refractivity contribution in [3.05, 3.63) is 10.6 Å². The van der Waals surface area contributed by atoms with Gasteiger partial charge in [0.05, 0.1) is 6.61 Å². The maximum Gasteiger partial charge on any atom is 0.358 e. The Kier molecular flexibility index (Phi) is 6.10. The normalized spacial score (nSPS) is 11.9. The summed E-state index contributed by atoms with van der Waals surface area (Å²) in [6.07, 6.45) is 1.61. The smallest absolute Gasteiger partial charge is 0.358 e. The minimum absolute atomic E-state index is 0.0412. The number of thiazole rings is 1. The predicted molar refractivity (Wildman–Crippen MR) is 75.5 cm³/mol. The average Bonchev–Trinajstić information content (AvgIpc) is 2.73. The van der Waals surface area contributed by atoms with E-state index in [1.165, 1.54) is 6.92 Å². The van der Waals surface area contributed by atoms with Gasteiger partial charge in [-0.3, -0.25) is 9.00 Å². The van der Waals surface area contributed by atoms with Crippen LogP contribution in [0.3, 0.4) is 0 Å². The number of nitrogens with zero attached hydrogens (tertiary/aromatic N) is 1. The highest BCUT2D eigenvalue weighted by molar-refractivity contribution is 7.84. The molecule has 0 aliphatic carbocycles. The molecule has 0 saturated heterocycles. The summed E-state index contributed by atoms with van der Waals surface area (Å²) < 4.78 is 15.8.